The van der Waals surface area contributed by atoms with Crippen LogP contribution >= 0.6 is 0 Å². The van der Waals surface area contributed by atoms with Gasteiger partial charge in [-0.3, -0.25) is 29.4 Å². The summed E-state index contributed by atoms with van der Waals surface area (Å²) in [5.41, 5.74) is 1.58. The first kappa shape index (κ1) is 22.0. The fraction of sp³-hybridized carbons (Fsp3) is 0.320. The highest BCUT2D eigenvalue weighted by Crippen LogP contribution is 2.49. The third-order valence-electron chi connectivity index (χ3n) is 6.85. The third kappa shape index (κ3) is 3.31. The van der Waals surface area contributed by atoms with Gasteiger partial charge in [-0.2, -0.15) is 0 Å². The first-order chi connectivity index (χ1) is 16.4. The molecule has 2 saturated heterocycles. The molecule has 3 heterocycles. The van der Waals surface area contributed by atoms with Crippen molar-refractivity contribution < 1.29 is 24.0 Å². The highest BCUT2D eigenvalue weighted by Gasteiger charge is 2.63. The van der Waals surface area contributed by atoms with E-state index in [-0.39, 0.29) is 29.6 Å². The SMILES string of the molecule is COCCCN1C(=O)[C@H]2[C@H](C1=O)[C@H](C(=O)c1cccc([N+](=O)[O-])c1)N1c3ccccc3C=C[C@H]21. The van der Waals surface area contributed by atoms with Crippen LogP contribution in [0.25, 0.3) is 6.08 Å². The lowest BCUT2D eigenvalue weighted by molar-refractivity contribution is -0.384. The Hall–Kier alpha value is -3.85. The molecule has 0 saturated carbocycles. The van der Waals surface area contributed by atoms with Crippen LogP contribution < -0.4 is 4.90 Å². The molecule has 2 fully saturated rings. The number of nitro benzene ring substituents is 1. The minimum atomic E-state index is -0.952. The molecular formula is C25H23N3O6. The number of nitrogens with zero attached hydrogens (tertiary/aromatic N) is 3. The summed E-state index contributed by atoms with van der Waals surface area (Å²) in [5.74, 6) is -2.66. The first-order valence-electron chi connectivity index (χ1n) is 11.1. The summed E-state index contributed by atoms with van der Waals surface area (Å²) in [4.78, 5) is 54.6. The van der Waals surface area contributed by atoms with Crippen molar-refractivity contribution in [2.24, 2.45) is 11.8 Å². The second-order valence-corrected chi connectivity index (χ2v) is 8.66. The quantitative estimate of drug-likeness (QED) is 0.205. The average molecular weight is 461 g/mol. The van der Waals surface area contributed by atoms with Gasteiger partial charge in [0.2, 0.25) is 11.8 Å². The minimum Gasteiger partial charge on any atom is -0.385 e. The lowest BCUT2D eigenvalue weighted by Crippen LogP contribution is -2.48. The van der Waals surface area contributed by atoms with E-state index in [0.29, 0.717) is 13.0 Å². The van der Waals surface area contributed by atoms with Crippen molar-refractivity contribution in [3.63, 3.8) is 0 Å². The predicted octanol–water partition coefficient (Wildman–Crippen LogP) is 2.70. The van der Waals surface area contributed by atoms with Crippen molar-refractivity contribution in [1.82, 2.24) is 4.90 Å². The zero-order chi connectivity index (χ0) is 24.0. The van der Waals surface area contributed by atoms with Crippen LogP contribution in [0.5, 0.6) is 0 Å². The summed E-state index contributed by atoms with van der Waals surface area (Å²) in [5, 5.41) is 11.3. The second kappa shape index (κ2) is 8.49. The number of ether oxygens (including phenoxy) is 1. The van der Waals surface area contributed by atoms with Crippen LogP contribution in [0.3, 0.4) is 0 Å². The largest absolute Gasteiger partial charge is 0.385 e. The van der Waals surface area contributed by atoms with Crippen molar-refractivity contribution in [3.05, 3.63) is 75.8 Å². The topological polar surface area (TPSA) is 110 Å². The average Bonchev–Trinajstić information content (AvgIpc) is 3.32. The normalized spacial score (nSPS) is 24.7. The predicted molar refractivity (Wildman–Crippen MR) is 123 cm³/mol. The molecule has 0 aromatic heterocycles. The molecule has 9 heteroatoms. The molecule has 174 valence electrons. The number of carbonyl (C=O) groups excluding carboxylic acids is 3. The number of anilines is 1. The number of imide groups is 1. The van der Waals surface area contributed by atoms with Gasteiger partial charge >= 0.3 is 0 Å². The maximum atomic E-state index is 13.9. The van der Waals surface area contributed by atoms with Gasteiger partial charge in [0.1, 0.15) is 6.04 Å². The van der Waals surface area contributed by atoms with Gasteiger partial charge in [0.15, 0.2) is 5.78 Å². The number of rotatable bonds is 7. The first-order valence-corrected chi connectivity index (χ1v) is 11.1. The molecule has 34 heavy (non-hydrogen) atoms. The van der Waals surface area contributed by atoms with Crippen molar-refractivity contribution in [2.75, 3.05) is 25.2 Å². The van der Waals surface area contributed by atoms with Gasteiger partial charge < -0.3 is 9.64 Å². The number of benzene rings is 2. The zero-order valence-electron chi connectivity index (χ0n) is 18.5. The number of nitro groups is 1. The maximum Gasteiger partial charge on any atom is 0.270 e. The van der Waals surface area contributed by atoms with Crippen LogP contribution in [0.1, 0.15) is 22.3 Å². The number of carbonyl (C=O) groups is 3. The molecule has 9 nitrogen and oxygen atoms in total. The molecule has 0 unspecified atom stereocenters. The Morgan fingerprint density at radius 2 is 1.85 bits per heavy atom. The number of likely N-dealkylation sites (tertiary alicyclic amines) is 1. The summed E-state index contributed by atoms with van der Waals surface area (Å²) in [7, 11) is 1.55. The Balaban J connectivity index is 1.59. The highest BCUT2D eigenvalue weighted by molar-refractivity contribution is 6.14. The molecule has 0 N–H and O–H groups in total. The van der Waals surface area contributed by atoms with Crippen LogP contribution in [-0.4, -0.2) is 59.8 Å². The smallest absolute Gasteiger partial charge is 0.270 e. The lowest BCUT2D eigenvalue weighted by atomic mass is 9.86. The number of fused-ring (bicyclic) bond motifs is 5. The molecule has 2 aromatic rings. The van der Waals surface area contributed by atoms with Crippen molar-refractivity contribution in [1.29, 1.82) is 0 Å². The molecule has 5 rings (SSSR count). The Labute approximate surface area is 195 Å². The molecule has 3 aliphatic heterocycles. The van der Waals surface area contributed by atoms with Gasteiger partial charge in [-0.15, -0.1) is 0 Å². The highest BCUT2D eigenvalue weighted by atomic mass is 16.6. The van der Waals surface area contributed by atoms with Crippen LogP contribution in [0, 0.1) is 22.0 Å². The van der Waals surface area contributed by atoms with E-state index in [1.807, 2.05) is 41.3 Å². The number of para-hydroxylation sites is 1. The van der Waals surface area contributed by atoms with E-state index >= 15 is 0 Å². The van der Waals surface area contributed by atoms with Gasteiger partial charge in [0, 0.05) is 43.6 Å². The fourth-order valence-electron chi connectivity index (χ4n) is 5.41. The van der Waals surface area contributed by atoms with Gasteiger partial charge in [0.25, 0.3) is 5.69 Å². The number of methoxy groups -OCH3 is 1. The standard InChI is InChI=1S/C25H23N3O6/c1-34-13-5-12-26-24(30)20-19-11-10-15-6-2-3-9-18(15)27(19)22(21(20)25(26)31)23(29)16-7-4-8-17(14-16)28(32)33/h2-4,6-11,14,19-22H,5,12-13H2,1H3/t19-,20-,21+,22-/m1/s1. The Morgan fingerprint density at radius 1 is 1.09 bits per heavy atom. The van der Waals surface area contributed by atoms with Gasteiger partial charge in [-0.25, -0.2) is 0 Å². The molecule has 0 aliphatic carbocycles. The van der Waals surface area contributed by atoms with Gasteiger partial charge in [-0.05, 0) is 18.1 Å². The summed E-state index contributed by atoms with van der Waals surface area (Å²) < 4.78 is 5.06. The summed E-state index contributed by atoms with van der Waals surface area (Å²) in [6.07, 6.45) is 4.30. The molecule has 4 atom stereocenters. The Morgan fingerprint density at radius 3 is 2.62 bits per heavy atom. The second-order valence-electron chi connectivity index (χ2n) is 8.66. The minimum absolute atomic E-state index is 0.142. The number of hydrogen-bond acceptors (Lipinski definition) is 7. The number of amides is 2. The lowest BCUT2D eigenvalue weighted by Gasteiger charge is -2.36. The van der Waals surface area contributed by atoms with E-state index < -0.39 is 34.6 Å². The molecular weight excluding hydrogens is 438 g/mol. The van der Waals surface area contributed by atoms with Gasteiger partial charge in [-0.1, -0.05) is 42.5 Å². The monoisotopic (exact) mass is 461 g/mol. The fourth-order valence-corrected chi connectivity index (χ4v) is 5.41. The van der Waals surface area contributed by atoms with Crippen molar-refractivity contribution >= 4 is 35.0 Å². The van der Waals surface area contributed by atoms with Crippen molar-refractivity contribution in [3.8, 4) is 0 Å². The van der Waals surface area contributed by atoms with Crippen LogP contribution in [0.2, 0.25) is 0 Å². The van der Waals surface area contributed by atoms with E-state index in [2.05, 4.69) is 0 Å². The molecule has 2 aromatic carbocycles. The zero-order valence-corrected chi connectivity index (χ0v) is 18.5. The van der Waals surface area contributed by atoms with Crippen LogP contribution in [0.4, 0.5) is 11.4 Å². The van der Waals surface area contributed by atoms with Crippen LogP contribution in [-0.2, 0) is 14.3 Å². The Kier molecular flexibility index (Phi) is 5.49. The molecule has 0 bridgehead atoms. The van der Waals surface area contributed by atoms with E-state index in [4.69, 9.17) is 4.74 Å². The van der Waals surface area contributed by atoms with Crippen molar-refractivity contribution in [2.45, 2.75) is 18.5 Å². The number of non-ortho nitro benzene ring substituents is 1. The molecule has 2 amide bonds. The molecule has 0 spiro atoms. The van der Waals surface area contributed by atoms with Crippen LogP contribution in [0.15, 0.2) is 54.6 Å². The number of hydrogen-bond donors (Lipinski definition) is 0. The summed E-state index contributed by atoms with van der Waals surface area (Å²) in [6.45, 7) is 0.633. The summed E-state index contributed by atoms with van der Waals surface area (Å²) in [6, 6.07) is 11.6. The van der Waals surface area contributed by atoms with Gasteiger partial charge in [0.05, 0.1) is 22.8 Å². The van der Waals surface area contributed by atoms with E-state index in [0.717, 1.165) is 11.3 Å². The maximum absolute atomic E-state index is 13.9. The summed E-state index contributed by atoms with van der Waals surface area (Å²) >= 11 is 0. The third-order valence-corrected chi connectivity index (χ3v) is 6.85. The van der Waals surface area contributed by atoms with E-state index in [1.165, 1.54) is 29.2 Å². The Bertz CT molecular complexity index is 1220. The number of ketones is 1. The molecule has 3 aliphatic rings. The van der Waals surface area contributed by atoms with E-state index in [1.54, 1.807) is 7.11 Å². The number of Topliss-reactive ketones (excluding diaryl/α,β-unsaturated/α-hetero) is 1. The van der Waals surface area contributed by atoms with E-state index in [9.17, 15) is 24.5 Å². The molecule has 0 radical (unpaired) electrons.